The van der Waals surface area contributed by atoms with Crippen molar-refractivity contribution in [1.82, 2.24) is 0 Å². The van der Waals surface area contributed by atoms with Gasteiger partial charge in [0.25, 0.3) is 0 Å². The smallest absolute Gasteiger partial charge is 0.320 e. The van der Waals surface area contributed by atoms with Crippen molar-refractivity contribution in [3.63, 3.8) is 0 Å². The zero-order valence-electron chi connectivity index (χ0n) is 7.67. The van der Waals surface area contributed by atoms with Gasteiger partial charge in [0.15, 0.2) is 0 Å². The lowest BCUT2D eigenvalue weighted by Crippen LogP contribution is -2.32. The number of halogens is 1. The van der Waals surface area contributed by atoms with E-state index in [0.717, 1.165) is 0 Å². The Morgan fingerprint density at radius 3 is 2.80 bits per heavy atom. The lowest BCUT2D eigenvalue weighted by molar-refractivity contribution is -0.138. The van der Waals surface area contributed by atoms with Crippen LogP contribution in [0.5, 0.6) is 0 Å². The molecular formula is C6H12FNO2. The van der Waals surface area contributed by atoms with Crippen molar-refractivity contribution in [1.29, 1.82) is 0 Å². The van der Waals surface area contributed by atoms with Crippen LogP contribution >= 0.6 is 0 Å². The van der Waals surface area contributed by atoms with Crippen LogP contribution < -0.4 is 5.73 Å². The summed E-state index contributed by atoms with van der Waals surface area (Å²) in [6.45, 7) is -1.59. The van der Waals surface area contributed by atoms with E-state index in [1.807, 2.05) is 0 Å². The van der Waals surface area contributed by atoms with Crippen LogP contribution in [0.25, 0.3) is 0 Å². The summed E-state index contributed by atoms with van der Waals surface area (Å²) in [5.74, 6) is -2.25. The summed E-state index contributed by atoms with van der Waals surface area (Å²) < 4.78 is 25.7. The van der Waals surface area contributed by atoms with E-state index in [0.29, 0.717) is 0 Å². The zero-order chi connectivity index (χ0) is 9.94. The average molecular weight is 151 g/mol. The molecule has 3 N–H and O–H groups in total. The Hall–Kier alpha value is -0.640. The van der Waals surface area contributed by atoms with E-state index < -0.39 is 24.6 Å². The van der Waals surface area contributed by atoms with Gasteiger partial charge < -0.3 is 10.8 Å². The standard InChI is InChI=1S/C6H12FNO2/c1-4(3-7)2-5(8)6(9)10/h4-5H,2-3,8H2,1H3,(H,9,10)/t4-,5-/m0/s1/i3D2. The predicted molar refractivity (Wildman–Crippen MR) is 35.4 cm³/mol. The van der Waals surface area contributed by atoms with Gasteiger partial charge in [0.2, 0.25) is 0 Å². The minimum atomic E-state index is -2.87. The van der Waals surface area contributed by atoms with Crippen molar-refractivity contribution >= 4 is 5.97 Å². The molecule has 0 amide bonds. The maximum atomic E-state index is 12.5. The van der Waals surface area contributed by atoms with Crippen molar-refractivity contribution in [2.45, 2.75) is 19.4 Å². The van der Waals surface area contributed by atoms with E-state index >= 15 is 0 Å². The van der Waals surface area contributed by atoms with E-state index in [2.05, 4.69) is 0 Å². The molecule has 0 aromatic heterocycles. The van der Waals surface area contributed by atoms with E-state index in [4.69, 9.17) is 13.6 Å². The molecule has 0 fully saturated rings. The minimum Gasteiger partial charge on any atom is -0.480 e. The van der Waals surface area contributed by atoms with E-state index in [1.54, 1.807) is 0 Å². The monoisotopic (exact) mass is 151 g/mol. The molecule has 60 valence electrons. The third kappa shape index (κ3) is 3.40. The maximum Gasteiger partial charge on any atom is 0.320 e. The average Bonchev–Trinajstić information content (AvgIpc) is 1.85. The van der Waals surface area contributed by atoms with Crippen LogP contribution in [0, 0.1) is 5.92 Å². The minimum absolute atomic E-state index is 0.209. The van der Waals surface area contributed by atoms with E-state index in [1.165, 1.54) is 6.92 Å². The summed E-state index contributed by atoms with van der Waals surface area (Å²) in [6, 6.07) is -1.20. The fraction of sp³-hybridized carbons (Fsp3) is 0.833. The van der Waals surface area contributed by atoms with Crippen molar-refractivity contribution < 1.29 is 17.0 Å². The van der Waals surface area contributed by atoms with E-state index in [-0.39, 0.29) is 6.42 Å². The van der Waals surface area contributed by atoms with Crippen LogP contribution in [-0.4, -0.2) is 23.7 Å². The highest BCUT2D eigenvalue weighted by Crippen LogP contribution is 2.04. The molecule has 2 atom stereocenters. The summed E-state index contributed by atoms with van der Waals surface area (Å²) in [5.41, 5.74) is 5.08. The fourth-order valence-electron chi connectivity index (χ4n) is 0.526. The van der Waals surface area contributed by atoms with Gasteiger partial charge in [-0.15, -0.1) is 0 Å². The van der Waals surface area contributed by atoms with Crippen LogP contribution in [0.1, 0.15) is 16.1 Å². The Labute approximate surface area is 61.8 Å². The molecule has 0 radical (unpaired) electrons. The maximum absolute atomic E-state index is 12.5. The van der Waals surface area contributed by atoms with Gasteiger partial charge in [-0.3, -0.25) is 9.18 Å². The largest absolute Gasteiger partial charge is 0.480 e. The normalized spacial score (nSPS) is 20.7. The number of carboxylic acids is 1. The van der Waals surface area contributed by atoms with Crippen molar-refractivity contribution in [2.75, 3.05) is 6.63 Å². The van der Waals surface area contributed by atoms with Crippen LogP contribution in [0.15, 0.2) is 0 Å². The highest BCUT2D eigenvalue weighted by atomic mass is 19.1. The van der Waals surface area contributed by atoms with E-state index in [9.17, 15) is 9.18 Å². The first-order chi connectivity index (χ1) is 5.25. The molecule has 0 bridgehead atoms. The van der Waals surface area contributed by atoms with Gasteiger partial charge >= 0.3 is 5.97 Å². The summed E-state index contributed by atoms with van der Waals surface area (Å²) >= 11 is 0. The molecule has 0 saturated heterocycles. The fourth-order valence-corrected chi connectivity index (χ4v) is 0.526. The second-order valence-corrected chi connectivity index (χ2v) is 2.19. The van der Waals surface area contributed by atoms with Crippen LogP contribution in [-0.2, 0) is 4.79 Å². The van der Waals surface area contributed by atoms with Gasteiger partial charge in [-0.2, -0.15) is 0 Å². The Bertz CT molecular complexity index is 171. The summed E-state index contributed by atoms with van der Waals surface area (Å²) in [6.07, 6.45) is -0.209. The first-order valence-corrected chi connectivity index (χ1v) is 2.92. The third-order valence-electron chi connectivity index (χ3n) is 1.11. The Morgan fingerprint density at radius 1 is 2.00 bits per heavy atom. The third-order valence-corrected chi connectivity index (χ3v) is 1.11. The SMILES string of the molecule is [2H]C([2H])(F)[C@@H](C)C[C@H](N)C(=O)O. The number of hydrogen-bond donors (Lipinski definition) is 2. The number of hydrogen-bond acceptors (Lipinski definition) is 2. The second kappa shape index (κ2) is 4.22. The molecular weight excluding hydrogens is 137 g/mol. The predicted octanol–water partition coefficient (Wildman–Crippen LogP) is 0.394. The molecule has 0 aromatic rings. The summed E-state index contributed by atoms with van der Waals surface area (Å²) in [7, 11) is 0. The molecule has 0 saturated carbocycles. The molecule has 0 aliphatic rings. The van der Waals surface area contributed by atoms with Gasteiger partial charge in [-0.1, -0.05) is 6.92 Å². The molecule has 0 unspecified atom stereocenters. The number of alkyl halides is 1. The van der Waals surface area contributed by atoms with Gasteiger partial charge in [-0.05, 0) is 12.3 Å². The van der Waals surface area contributed by atoms with Crippen molar-refractivity contribution in [3.05, 3.63) is 0 Å². The second-order valence-electron chi connectivity index (χ2n) is 2.19. The Kier molecular flexibility index (Phi) is 2.57. The lowest BCUT2D eigenvalue weighted by atomic mass is 10.0. The Balaban J connectivity index is 4.01. The number of aliphatic carboxylic acids is 1. The Morgan fingerprint density at radius 2 is 2.50 bits per heavy atom. The van der Waals surface area contributed by atoms with Gasteiger partial charge in [0, 0.05) is 0 Å². The topological polar surface area (TPSA) is 63.3 Å². The van der Waals surface area contributed by atoms with Gasteiger partial charge in [-0.25, -0.2) is 0 Å². The molecule has 0 spiro atoms. The van der Waals surface area contributed by atoms with Gasteiger partial charge in [0.05, 0.1) is 9.37 Å². The zero-order valence-corrected chi connectivity index (χ0v) is 5.67. The van der Waals surface area contributed by atoms with Crippen LogP contribution in [0.2, 0.25) is 0 Å². The molecule has 10 heavy (non-hydrogen) atoms. The first-order valence-electron chi connectivity index (χ1n) is 3.92. The molecule has 0 aromatic carbocycles. The molecule has 0 aliphatic carbocycles. The first kappa shape index (κ1) is 6.09. The highest BCUT2D eigenvalue weighted by Gasteiger charge is 2.14. The summed E-state index contributed by atoms with van der Waals surface area (Å²) in [5, 5.41) is 8.33. The number of nitrogens with two attached hydrogens (primary N) is 1. The van der Waals surface area contributed by atoms with Crippen LogP contribution in [0.3, 0.4) is 0 Å². The van der Waals surface area contributed by atoms with Gasteiger partial charge in [0.1, 0.15) is 6.04 Å². The molecule has 3 nitrogen and oxygen atoms in total. The quantitative estimate of drug-likeness (QED) is 0.611. The lowest BCUT2D eigenvalue weighted by Gasteiger charge is -2.09. The summed E-state index contributed by atoms with van der Waals surface area (Å²) in [4.78, 5) is 10.2. The van der Waals surface area contributed by atoms with Crippen molar-refractivity contribution in [3.8, 4) is 0 Å². The molecule has 4 heteroatoms. The number of carbonyl (C=O) groups is 1. The van der Waals surface area contributed by atoms with Crippen molar-refractivity contribution in [2.24, 2.45) is 11.7 Å². The molecule has 0 heterocycles. The highest BCUT2D eigenvalue weighted by molar-refractivity contribution is 5.72. The molecule has 0 rings (SSSR count). The van der Waals surface area contributed by atoms with Crippen LogP contribution in [0.4, 0.5) is 4.39 Å². The molecule has 0 aliphatic heterocycles. The number of carboxylic acid groups (broad SMARTS) is 1. The number of rotatable bonds is 4.